The summed E-state index contributed by atoms with van der Waals surface area (Å²) < 4.78 is 2.36. The molecular formula is C29H30N4S. The normalized spacial score (nSPS) is 17.8. The van der Waals surface area contributed by atoms with Crippen molar-refractivity contribution in [2.45, 2.75) is 46.2 Å². The zero-order valence-electron chi connectivity index (χ0n) is 20.1. The smallest absolute Gasteiger partial charge is 0.174 e. The zero-order chi connectivity index (χ0) is 23.8. The van der Waals surface area contributed by atoms with E-state index in [4.69, 9.17) is 17.2 Å². The third-order valence-corrected chi connectivity index (χ3v) is 7.18. The number of hydrogen-bond donors (Lipinski definition) is 1. The summed E-state index contributed by atoms with van der Waals surface area (Å²) in [6.45, 7) is 8.74. The lowest BCUT2D eigenvalue weighted by Gasteiger charge is -2.28. The molecule has 0 aliphatic carbocycles. The minimum atomic E-state index is -0.0506. The molecule has 1 aliphatic heterocycles. The summed E-state index contributed by atoms with van der Waals surface area (Å²) in [6.07, 6.45) is 2.87. The van der Waals surface area contributed by atoms with Crippen molar-refractivity contribution in [1.29, 1.82) is 0 Å². The fourth-order valence-corrected chi connectivity index (χ4v) is 5.46. The van der Waals surface area contributed by atoms with E-state index in [9.17, 15) is 0 Å². The van der Waals surface area contributed by atoms with Gasteiger partial charge in [-0.05, 0) is 92.5 Å². The summed E-state index contributed by atoms with van der Waals surface area (Å²) in [6, 6.07) is 25.6. The Morgan fingerprint density at radius 1 is 0.941 bits per heavy atom. The van der Waals surface area contributed by atoms with Crippen LogP contribution in [0.1, 0.15) is 52.8 Å². The molecule has 1 aliphatic rings. The lowest BCUT2D eigenvalue weighted by Crippen LogP contribution is -2.29. The number of aromatic nitrogens is 2. The maximum atomic E-state index is 5.92. The van der Waals surface area contributed by atoms with Crippen molar-refractivity contribution < 1.29 is 0 Å². The van der Waals surface area contributed by atoms with Crippen LogP contribution in [0.25, 0.3) is 5.69 Å². The number of benzene rings is 2. The van der Waals surface area contributed by atoms with Crippen molar-refractivity contribution in [3.05, 3.63) is 113 Å². The average Bonchev–Trinajstić information content (AvgIpc) is 3.35. The van der Waals surface area contributed by atoms with Gasteiger partial charge in [-0.25, -0.2) is 0 Å². The van der Waals surface area contributed by atoms with E-state index in [2.05, 4.69) is 103 Å². The van der Waals surface area contributed by atoms with E-state index in [0.29, 0.717) is 0 Å². The molecule has 3 heterocycles. The van der Waals surface area contributed by atoms with Gasteiger partial charge in [0.05, 0.1) is 17.8 Å². The third-order valence-electron chi connectivity index (χ3n) is 6.87. The Morgan fingerprint density at radius 3 is 2.35 bits per heavy atom. The highest BCUT2D eigenvalue weighted by molar-refractivity contribution is 7.80. The van der Waals surface area contributed by atoms with Gasteiger partial charge in [0.15, 0.2) is 5.11 Å². The van der Waals surface area contributed by atoms with Crippen LogP contribution in [0, 0.1) is 20.8 Å². The molecule has 0 spiro atoms. The van der Waals surface area contributed by atoms with Crippen LogP contribution in [-0.4, -0.2) is 14.7 Å². The summed E-state index contributed by atoms with van der Waals surface area (Å²) in [4.78, 5) is 6.96. The Balaban J connectivity index is 1.68. The Bertz CT molecular complexity index is 1320. The molecule has 34 heavy (non-hydrogen) atoms. The molecule has 1 saturated heterocycles. The van der Waals surface area contributed by atoms with Gasteiger partial charge in [-0.3, -0.25) is 4.98 Å². The molecule has 0 unspecified atom stereocenters. The van der Waals surface area contributed by atoms with Gasteiger partial charge in [0.1, 0.15) is 0 Å². The highest BCUT2D eigenvalue weighted by Crippen LogP contribution is 2.43. The quantitative estimate of drug-likeness (QED) is 0.339. The average molecular weight is 467 g/mol. The molecule has 5 rings (SSSR count). The zero-order valence-corrected chi connectivity index (χ0v) is 20.9. The van der Waals surface area contributed by atoms with E-state index < -0.39 is 0 Å². The molecule has 0 bridgehead atoms. The lowest BCUT2D eigenvalue weighted by molar-refractivity contribution is 0.565. The second-order valence-corrected chi connectivity index (χ2v) is 9.35. The van der Waals surface area contributed by atoms with E-state index >= 15 is 0 Å². The molecule has 2 aromatic heterocycles. The van der Waals surface area contributed by atoms with Crippen molar-refractivity contribution in [2.75, 3.05) is 4.90 Å². The number of para-hydroxylation sites is 1. The van der Waals surface area contributed by atoms with Crippen LogP contribution >= 0.6 is 12.2 Å². The van der Waals surface area contributed by atoms with Gasteiger partial charge in [0, 0.05) is 29.0 Å². The first-order chi connectivity index (χ1) is 16.5. The molecule has 4 aromatic rings. The molecule has 172 valence electrons. The van der Waals surface area contributed by atoms with Gasteiger partial charge in [0.25, 0.3) is 0 Å². The molecule has 2 atom stereocenters. The van der Waals surface area contributed by atoms with Crippen LogP contribution in [-0.2, 0) is 6.42 Å². The number of nitrogens with one attached hydrogen (secondary N) is 1. The van der Waals surface area contributed by atoms with Crippen LogP contribution in [0.4, 0.5) is 5.69 Å². The van der Waals surface area contributed by atoms with E-state index in [-0.39, 0.29) is 12.1 Å². The number of rotatable bonds is 5. The van der Waals surface area contributed by atoms with E-state index in [0.717, 1.165) is 22.9 Å². The van der Waals surface area contributed by atoms with Gasteiger partial charge >= 0.3 is 0 Å². The van der Waals surface area contributed by atoms with Crippen molar-refractivity contribution in [3.63, 3.8) is 0 Å². The summed E-state index contributed by atoms with van der Waals surface area (Å²) in [5.74, 6) is 0. The first-order valence-electron chi connectivity index (χ1n) is 11.8. The molecule has 5 heteroatoms. The second kappa shape index (κ2) is 9.07. The molecule has 1 N–H and O–H groups in total. The van der Waals surface area contributed by atoms with E-state index in [1.54, 1.807) is 0 Å². The Labute approximate surface area is 207 Å². The molecule has 2 aromatic carbocycles. The Morgan fingerprint density at radius 2 is 1.68 bits per heavy atom. The summed E-state index contributed by atoms with van der Waals surface area (Å²) in [5.41, 5.74) is 9.55. The monoisotopic (exact) mass is 466 g/mol. The summed E-state index contributed by atoms with van der Waals surface area (Å²) >= 11 is 5.92. The fourth-order valence-electron chi connectivity index (χ4n) is 5.11. The molecule has 0 amide bonds. The minimum absolute atomic E-state index is 0.0150. The Hall–Kier alpha value is -3.44. The van der Waals surface area contributed by atoms with E-state index in [1.807, 2.05) is 18.3 Å². The lowest BCUT2D eigenvalue weighted by atomic mass is 9.96. The van der Waals surface area contributed by atoms with Crippen molar-refractivity contribution in [2.24, 2.45) is 0 Å². The third kappa shape index (κ3) is 3.80. The maximum absolute atomic E-state index is 5.92. The topological polar surface area (TPSA) is 33.1 Å². The SMILES string of the molecule is CCc1ccc(N2C(=S)N[C@@H](c3ccccn3)[C@H]2c2cc(C)n(-c3ccccc3C)c2C)cc1. The van der Waals surface area contributed by atoms with Gasteiger partial charge < -0.3 is 14.8 Å². The van der Waals surface area contributed by atoms with Gasteiger partial charge in [0.2, 0.25) is 0 Å². The minimum Gasteiger partial charge on any atom is -0.351 e. The van der Waals surface area contributed by atoms with Crippen molar-refractivity contribution >= 4 is 23.0 Å². The number of thiocarbonyl (C=S) groups is 1. The first kappa shape index (κ1) is 22.4. The molecule has 4 nitrogen and oxygen atoms in total. The maximum Gasteiger partial charge on any atom is 0.174 e. The molecule has 1 fully saturated rings. The van der Waals surface area contributed by atoms with Crippen molar-refractivity contribution in [3.8, 4) is 5.69 Å². The number of pyridine rings is 1. The largest absolute Gasteiger partial charge is 0.351 e. The molecular weight excluding hydrogens is 436 g/mol. The van der Waals surface area contributed by atoms with E-state index in [1.165, 1.54) is 33.8 Å². The van der Waals surface area contributed by atoms with Crippen LogP contribution in [0.5, 0.6) is 0 Å². The van der Waals surface area contributed by atoms with Gasteiger partial charge in [-0.15, -0.1) is 0 Å². The molecule has 0 radical (unpaired) electrons. The number of anilines is 1. The van der Waals surface area contributed by atoms with Crippen molar-refractivity contribution in [1.82, 2.24) is 14.9 Å². The highest BCUT2D eigenvalue weighted by atomic mass is 32.1. The van der Waals surface area contributed by atoms with Crippen LogP contribution in [0.2, 0.25) is 0 Å². The van der Waals surface area contributed by atoms with Crippen LogP contribution in [0.15, 0.2) is 79.0 Å². The molecule has 0 saturated carbocycles. The summed E-state index contributed by atoms with van der Waals surface area (Å²) in [7, 11) is 0. The predicted octanol–water partition coefficient (Wildman–Crippen LogP) is 6.54. The predicted molar refractivity (Wildman–Crippen MR) is 144 cm³/mol. The first-order valence-corrected chi connectivity index (χ1v) is 12.2. The fraction of sp³-hybridized carbons (Fsp3) is 0.241. The number of nitrogens with zero attached hydrogens (tertiary/aromatic N) is 3. The highest BCUT2D eigenvalue weighted by Gasteiger charge is 2.42. The van der Waals surface area contributed by atoms with Crippen LogP contribution in [0.3, 0.4) is 0 Å². The standard InChI is InChI=1S/C29H30N4S/c1-5-22-13-15-23(16-14-22)33-28(27(31-29(33)34)25-11-8-9-17-30-25)24-18-20(3)32(21(24)4)26-12-7-6-10-19(26)2/h6-18,27-28H,5H2,1-4H3,(H,31,34)/t27-,28+/m0/s1. The summed E-state index contributed by atoms with van der Waals surface area (Å²) in [5, 5.41) is 4.32. The van der Waals surface area contributed by atoms with Crippen LogP contribution < -0.4 is 10.2 Å². The van der Waals surface area contributed by atoms with Gasteiger partial charge in [-0.2, -0.15) is 0 Å². The second-order valence-electron chi connectivity index (χ2n) is 8.96. The Kier molecular flexibility index (Phi) is 5.96. The number of hydrogen-bond acceptors (Lipinski definition) is 2. The number of aryl methyl sites for hydroxylation is 3. The van der Waals surface area contributed by atoms with Gasteiger partial charge in [-0.1, -0.05) is 43.3 Å².